The lowest BCUT2D eigenvalue weighted by atomic mass is 9.80. The van der Waals surface area contributed by atoms with E-state index < -0.39 is 36.3 Å². The zero-order valence-corrected chi connectivity index (χ0v) is 15.7. The molecule has 0 aliphatic carbocycles. The Bertz CT molecular complexity index is 867. The summed E-state index contributed by atoms with van der Waals surface area (Å²) in [6.07, 6.45) is 1.79. The molecule has 0 unspecified atom stereocenters. The van der Waals surface area contributed by atoms with Crippen LogP contribution in [0, 0.1) is 5.41 Å². The minimum Gasteiger partial charge on any atom is -0.368 e. The minimum absolute atomic E-state index is 0.0224. The number of carbonyl (C=O) groups excluding carboxylic acids is 3. The predicted molar refractivity (Wildman–Crippen MR) is 101 cm³/mol. The molecule has 3 rings (SSSR count). The number of nitrogens with zero attached hydrogens (tertiary/aromatic N) is 2. The number of fused-ring (bicyclic) bond motifs is 2. The molecule has 27 heavy (non-hydrogen) atoms. The Morgan fingerprint density at radius 3 is 2.93 bits per heavy atom. The maximum absolute atomic E-state index is 13.4. The first kappa shape index (κ1) is 15.6. The molecule has 0 aromatic carbocycles. The highest BCUT2D eigenvalue weighted by Gasteiger charge is 2.58. The normalized spacial score (nSPS) is 27.5. The number of carbonyl (C=O) groups is 3. The van der Waals surface area contributed by atoms with Gasteiger partial charge < -0.3 is 21.3 Å². The van der Waals surface area contributed by atoms with Crippen LogP contribution in [0.3, 0.4) is 0 Å². The molecule has 0 saturated carbocycles. The van der Waals surface area contributed by atoms with Crippen LogP contribution in [-0.2, 0) is 19.8 Å². The third-order valence-electron chi connectivity index (χ3n) is 5.25. The van der Waals surface area contributed by atoms with E-state index >= 15 is 0 Å². The zero-order chi connectivity index (χ0) is 22.5. The maximum atomic E-state index is 13.4. The van der Waals surface area contributed by atoms with Gasteiger partial charge in [0.25, 0.3) is 0 Å². The number of likely N-dealkylation sites (tertiary alicyclic amines) is 1. The van der Waals surface area contributed by atoms with Gasteiger partial charge in [0.15, 0.2) is 0 Å². The van der Waals surface area contributed by atoms with E-state index in [9.17, 15) is 14.4 Å². The van der Waals surface area contributed by atoms with Crippen LogP contribution in [-0.4, -0.2) is 53.2 Å². The number of hydrogen-bond donors (Lipinski definition) is 3. The molecule has 8 nitrogen and oxygen atoms in total. The Morgan fingerprint density at radius 1 is 1.56 bits per heavy atom. The number of nitrogens with one attached hydrogen (secondary N) is 2. The van der Waals surface area contributed by atoms with Gasteiger partial charge in [0.1, 0.15) is 11.9 Å². The number of aromatic nitrogens is 1. The summed E-state index contributed by atoms with van der Waals surface area (Å²) >= 11 is 0. The molecule has 8 heteroatoms. The largest absolute Gasteiger partial charge is 0.368 e. The maximum Gasteiger partial charge on any atom is 0.240 e. The number of anilines is 1. The van der Waals surface area contributed by atoms with Crippen molar-refractivity contribution < 1.29 is 18.5 Å². The van der Waals surface area contributed by atoms with Crippen LogP contribution >= 0.6 is 0 Å². The molecule has 2 aliphatic rings. The van der Waals surface area contributed by atoms with Crippen molar-refractivity contribution in [1.82, 2.24) is 15.2 Å². The molecule has 1 aromatic rings. The average Bonchev–Trinajstić information content (AvgIpc) is 3.12. The summed E-state index contributed by atoms with van der Waals surface area (Å²) in [6, 6.07) is 1.32. The van der Waals surface area contributed by atoms with E-state index in [0.29, 0.717) is 11.4 Å². The topological polar surface area (TPSA) is 117 Å². The lowest BCUT2D eigenvalue weighted by Crippen LogP contribution is -2.52. The first-order chi connectivity index (χ1) is 13.7. The van der Waals surface area contributed by atoms with Crippen LogP contribution in [0.1, 0.15) is 43.3 Å². The van der Waals surface area contributed by atoms with Crippen LogP contribution in [0.5, 0.6) is 0 Å². The molecule has 0 bridgehead atoms. The lowest BCUT2D eigenvalue weighted by molar-refractivity contribution is -0.139. The first-order valence-corrected chi connectivity index (χ1v) is 8.88. The molecule has 3 amide bonds. The van der Waals surface area contributed by atoms with E-state index in [1.807, 2.05) is 20.8 Å². The Hall–Kier alpha value is -2.48. The fourth-order valence-electron chi connectivity index (χ4n) is 4.00. The Morgan fingerprint density at radius 2 is 2.30 bits per heavy atom. The predicted octanol–water partition coefficient (Wildman–Crippen LogP) is 0.382. The fraction of sp³-hybridized carbons (Fsp3) is 0.579. The average molecular weight is 376 g/mol. The molecule has 2 aliphatic heterocycles. The van der Waals surface area contributed by atoms with Crippen LogP contribution in [0.2, 0.25) is 0 Å². The third-order valence-corrected chi connectivity index (χ3v) is 5.25. The van der Waals surface area contributed by atoms with Crippen molar-refractivity contribution in [2.75, 3.05) is 18.8 Å². The van der Waals surface area contributed by atoms with Gasteiger partial charge in [-0.25, -0.2) is 4.98 Å². The highest BCUT2D eigenvalue weighted by molar-refractivity contribution is 6.07. The molecule has 1 fully saturated rings. The number of hydrogen-bond acceptors (Lipinski definition) is 5. The SMILES string of the molecule is [2H]C([2H])([2H])N[C@@H](CC(C)(C)C)C(=O)N1C[C@]2(C[C@H]1C(N)=O)C(=O)Nc1ncccc12. The second kappa shape index (κ2) is 6.60. The molecule has 0 radical (unpaired) electrons. The summed E-state index contributed by atoms with van der Waals surface area (Å²) in [5.74, 6) is -1.26. The number of amides is 3. The molecule has 1 aromatic heterocycles. The van der Waals surface area contributed by atoms with E-state index in [-0.39, 0.29) is 30.7 Å². The second-order valence-electron chi connectivity index (χ2n) is 8.49. The third kappa shape index (κ3) is 3.29. The van der Waals surface area contributed by atoms with E-state index in [1.165, 1.54) is 4.90 Å². The number of nitrogens with two attached hydrogens (primary N) is 1. The van der Waals surface area contributed by atoms with Gasteiger partial charge in [-0.2, -0.15) is 0 Å². The molecule has 146 valence electrons. The standard InChI is InChI=1S/C19H27N5O3/c1-18(2,3)8-12(21-4)16(26)24-10-19(9-13(24)14(20)25)11-6-5-7-22-15(11)23-17(19)27/h5-7,12-13,21H,8-10H2,1-4H3,(H2,20,25)(H,22,23,27)/t12-,13-,19-/m0/s1/i4D3. The summed E-state index contributed by atoms with van der Waals surface area (Å²) in [4.78, 5) is 43.9. The van der Waals surface area contributed by atoms with E-state index in [1.54, 1.807) is 18.3 Å². The number of primary amides is 1. The van der Waals surface area contributed by atoms with Crippen molar-refractivity contribution in [3.05, 3.63) is 23.9 Å². The van der Waals surface area contributed by atoms with Crippen molar-refractivity contribution in [3.63, 3.8) is 0 Å². The monoisotopic (exact) mass is 376 g/mol. The van der Waals surface area contributed by atoms with E-state index in [0.717, 1.165) is 0 Å². The second-order valence-corrected chi connectivity index (χ2v) is 8.49. The summed E-state index contributed by atoms with van der Waals surface area (Å²) in [5.41, 5.74) is 4.68. The molecule has 3 atom stereocenters. The number of likely N-dealkylation sites (N-methyl/N-ethyl adjacent to an activating group) is 1. The summed E-state index contributed by atoms with van der Waals surface area (Å²) in [5, 5.41) is 5.11. The molecular weight excluding hydrogens is 346 g/mol. The van der Waals surface area contributed by atoms with Gasteiger partial charge in [0.2, 0.25) is 17.7 Å². The first-order valence-electron chi connectivity index (χ1n) is 10.4. The summed E-state index contributed by atoms with van der Waals surface area (Å²) in [6.45, 7) is 3.04. The van der Waals surface area contributed by atoms with Gasteiger partial charge >= 0.3 is 0 Å². The Labute approximate surface area is 163 Å². The molecule has 4 N–H and O–H groups in total. The van der Waals surface area contributed by atoms with Gasteiger partial charge in [-0.05, 0) is 31.3 Å². The zero-order valence-electron chi connectivity index (χ0n) is 18.7. The summed E-state index contributed by atoms with van der Waals surface area (Å²) < 4.78 is 22.6. The molecule has 1 saturated heterocycles. The van der Waals surface area contributed by atoms with Crippen LogP contribution in [0.4, 0.5) is 5.82 Å². The fourth-order valence-corrected chi connectivity index (χ4v) is 4.00. The Kier molecular flexibility index (Phi) is 3.80. The van der Waals surface area contributed by atoms with Crippen molar-refractivity contribution in [3.8, 4) is 0 Å². The van der Waals surface area contributed by atoms with Crippen molar-refractivity contribution in [2.45, 2.75) is 51.1 Å². The molecule has 3 heterocycles. The van der Waals surface area contributed by atoms with Gasteiger partial charge in [0, 0.05) is 22.4 Å². The molecular formula is C19H27N5O3. The van der Waals surface area contributed by atoms with Crippen LogP contribution in [0.15, 0.2) is 18.3 Å². The lowest BCUT2D eigenvalue weighted by Gasteiger charge is -2.31. The van der Waals surface area contributed by atoms with Gasteiger partial charge in [-0.15, -0.1) is 0 Å². The van der Waals surface area contributed by atoms with E-state index in [2.05, 4.69) is 15.6 Å². The van der Waals surface area contributed by atoms with Crippen LogP contribution in [0.25, 0.3) is 0 Å². The molecule has 1 spiro atoms. The van der Waals surface area contributed by atoms with E-state index in [4.69, 9.17) is 9.85 Å². The van der Waals surface area contributed by atoms with Gasteiger partial charge in [-0.3, -0.25) is 14.4 Å². The summed E-state index contributed by atoms with van der Waals surface area (Å²) in [7, 11) is 0. The Balaban J connectivity index is 1.98. The number of pyridine rings is 1. The highest BCUT2D eigenvalue weighted by Crippen LogP contribution is 2.45. The smallest absolute Gasteiger partial charge is 0.240 e. The highest BCUT2D eigenvalue weighted by atomic mass is 16.2. The van der Waals surface area contributed by atoms with Crippen molar-refractivity contribution >= 4 is 23.5 Å². The van der Waals surface area contributed by atoms with Crippen LogP contribution < -0.4 is 16.4 Å². The van der Waals surface area contributed by atoms with Crippen molar-refractivity contribution in [1.29, 1.82) is 0 Å². The minimum atomic E-state index is -2.55. The van der Waals surface area contributed by atoms with Gasteiger partial charge in [-0.1, -0.05) is 26.8 Å². The van der Waals surface area contributed by atoms with Gasteiger partial charge in [0.05, 0.1) is 11.5 Å². The van der Waals surface area contributed by atoms with Crippen molar-refractivity contribution in [2.24, 2.45) is 11.1 Å². The number of rotatable bonds is 4. The quantitative estimate of drug-likeness (QED) is 0.702.